The van der Waals surface area contributed by atoms with Crippen LogP contribution in [-0.2, 0) is 0 Å². The lowest BCUT2D eigenvalue weighted by Crippen LogP contribution is -2.32. The summed E-state index contributed by atoms with van der Waals surface area (Å²) in [5.41, 5.74) is 2.69. The molecule has 4 aliphatic rings. The van der Waals surface area contributed by atoms with Gasteiger partial charge in [-0.1, -0.05) is 83.9 Å². The Kier molecular flexibility index (Phi) is 7.44. The van der Waals surface area contributed by atoms with E-state index in [1.807, 2.05) is 62.4 Å². The number of hydrogen-bond acceptors (Lipinski definition) is 8. The van der Waals surface area contributed by atoms with Gasteiger partial charge in [0.1, 0.15) is 0 Å². The lowest BCUT2D eigenvalue weighted by molar-refractivity contribution is 1.44. The third-order valence-corrected chi connectivity index (χ3v) is 11.1. The first-order valence-corrected chi connectivity index (χ1v) is 17.9. The standard InChI is InChI=1S/2C24H14O4/c1-11-3-6-13(7-4-11)14-9-10-16-19-18-15(22(26)24(28)20(14)19)8-5-12(2)17(18)23(27)21(16)25;1-11-4-3-5-13(10-11)14-8-9-16-19-18-15(22(26)24(28)20(14)19)7-6-12(2)17(18)23(27)21(16)25/h2*3-10H,1-2H3. The molecule has 0 fully saturated rings. The molecule has 56 heavy (non-hydrogen) atoms. The van der Waals surface area contributed by atoms with Gasteiger partial charge in [0.2, 0.25) is 43.4 Å². The van der Waals surface area contributed by atoms with E-state index in [1.165, 1.54) is 0 Å². The van der Waals surface area contributed by atoms with E-state index in [0.29, 0.717) is 44.5 Å². The summed E-state index contributed by atoms with van der Waals surface area (Å²) < 4.78 is 0. The number of aryl methyl sites for hydroxylation is 4. The molecule has 0 N–H and O–H groups in total. The lowest BCUT2D eigenvalue weighted by Gasteiger charge is -2.18. The molecule has 0 heterocycles. The Morgan fingerprint density at radius 3 is 1.11 bits per heavy atom. The molecule has 6 aromatic carbocycles. The topological polar surface area (TPSA) is 137 Å². The zero-order chi connectivity index (χ0) is 39.5. The van der Waals surface area contributed by atoms with Crippen LogP contribution >= 0.6 is 0 Å². The summed E-state index contributed by atoms with van der Waals surface area (Å²) in [6.07, 6.45) is 0. The van der Waals surface area contributed by atoms with Gasteiger partial charge in [0.15, 0.2) is 0 Å². The Morgan fingerprint density at radius 2 is 0.679 bits per heavy atom. The monoisotopic (exact) mass is 732 g/mol. The average Bonchev–Trinajstić information content (AvgIpc) is 3.19. The van der Waals surface area contributed by atoms with E-state index in [1.54, 1.807) is 62.4 Å². The Bertz CT molecular complexity index is 3680. The van der Waals surface area contributed by atoms with Crippen molar-refractivity contribution >= 4 is 43.1 Å². The fraction of sp³-hybridized carbons (Fsp3) is 0.0833. The first kappa shape index (κ1) is 34.4. The summed E-state index contributed by atoms with van der Waals surface area (Å²) in [6, 6.07) is 28.1. The lowest BCUT2D eigenvalue weighted by atomic mass is 9.82. The molecule has 0 amide bonds. The van der Waals surface area contributed by atoms with E-state index < -0.39 is 43.4 Å². The van der Waals surface area contributed by atoms with Gasteiger partial charge in [-0.25, -0.2) is 0 Å². The highest BCUT2D eigenvalue weighted by Gasteiger charge is 2.29. The van der Waals surface area contributed by atoms with Crippen molar-refractivity contribution in [2.75, 3.05) is 0 Å². The molecule has 0 bridgehead atoms. The molecular formula is C48H28O8. The Morgan fingerprint density at radius 1 is 0.304 bits per heavy atom. The quantitative estimate of drug-likeness (QED) is 0.150. The second kappa shape index (κ2) is 12.1. The zero-order valence-electron chi connectivity index (χ0n) is 30.5. The molecule has 0 spiro atoms. The van der Waals surface area contributed by atoms with E-state index in [4.69, 9.17) is 0 Å². The van der Waals surface area contributed by atoms with Crippen LogP contribution in [0.3, 0.4) is 0 Å². The largest absolute Gasteiger partial charge is 0.285 e. The third-order valence-electron chi connectivity index (χ3n) is 11.1. The molecule has 0 aliphatic heterocycles. The van der Waals surface area contributed by atoms with E-state index in [9.17, 15) is 38.4 Å². The maximum atomic E-state index is 13.1. The molecule has 10 rings (SSSR count). The molecular weight excluding hydrogens is 705 g/mol. The highest BCUT2D eigenvalue weighted by molar-refractivity contribution is 6.16. The Balaban J connectivity index is 0.000000146. The van der Waals surface area contributed by atoms with Gasteiger partial charge in [0, 0.05) is 65.3 Å². The van der Waals surface area contributed by atoms with Crippen LogP contribution in [-0.4, -0.2) is 0 Å². The second-order valence-corrected chi connectivity index (χ2v) is 14.5. The second-order valence-electron chi connectivity index (χ2n) is 14.5. The summed E-state index contributed by atoms with van der Waals surface area (Å²) in [5.74, 6) is 0. The predicted molar refractivity (Wildman–Crippen MR) is 223 cm³/mol. The Hall–Kier alpha value is -7.32. The summed E-state index contributed by atoms with van der Waals surface area (Å²) >= 11 is 0. The molecule has 268 valence electrons. The van der Waals surface area contributed by atoms with Crippen molar-refractivity contribution in [1.82, 2.24) is 0 Å². The van der Waals surface area contributed by atoms with Crippen LogP contribution in [0.5, 0.6) is 0 Å². The number of rotatable bonds is 2. The average molecular weight is 733 g/mol. The summed E-state index contributed by atoms with van der Waals surface area (Å²) in [5, 5.41) is 1.67. The van der Waals surface area contributed by atoms with Crippen molar-refractivity contribution in [2.45, 2.75) is 27.7 Å². The van der Waals surface area contributed by atoms with Gasteiger partial charge in [0.25, 0.3) is 0 Å². The maximum Gasteiger partial charge on any atom is 0.234 e. The highest BCUT2D eigenvalue weighted by Crippen LogP contribution is 2.41. The van der Waals surface area contributed by atoms with E-state index in [2.05, 4.69) is 0 Å². The molecule has 0 unspecified atom stereocenters. The van der Waals surface area contributed by atoms with Crippen LogP contribution in [0.4, 0.5) is 0 Å². The first-order valence-electron chi connectivity index (χ1n) is 17.9. The minimum Gasteiger partial charge on any atom is -0.285 e. The zero-order valence-corrected chi connectivity index (χ0v) is 30.5. The van der Waals surface area contributed by atoms with Crippen LogP contribution in [0.2, 0.25) is 0 Å². The van der Waals surface area contributed by atoms with Crippen molar-refractivity contribution < 1.29 is 0 Å². The van der Waals surface area contributed by atoms with Gasteiger partial charge in [-0.3, -0.25) is 38.4 Å². The van der Waals surface area contributed by atoms with Crippen LogP contribution in [0.15, 0.2) is 135 Å². The highest BCUT2D eigenvalue weighted by atomic mass is 16.2. The minimum atomic E-state index is -0.642. The van der Waals surface area contributed by atoms with E-state index >= 15 is 0 Å². The maximum absolute atomic E-state index is 13.1. The van der Waals surface area contributed by atoms with Gasteiger partial charge in [-0.2, -0.15) is 0 Å². The predicted octanol–water partition coefficient (Wildman–Crippen LogP) is 6.27. The molecule has 0 radical (unpaired) electrons. The molecule has 8 heteroatoms. The summed E-state index contributed by atoms with van der Waals surface area (Å²) in [6.45, 7) is 7.37. The van der Waals surface area contributed by atoms with E-state index in [-0.39, 0.29) is 43.1 Å². The van der Waals surface area contributed by atoms with Crippen LogP contribution in [0, 0.1) is 27.7 Å². The van der Waals surface area contributed by atoms with Crippen LogP contribution in [0.1, 0.15) is 22.3 Å². The molecule has 6 aromatic rings. The molecule has 0 atom stereocenters. The summed E-state index contributed by atoms with van der Waals surface area (Å²) in [4.78, 5) is 103. The van der Waals surface area contributed by atoms with Crippen molar-refractivity contribution in [3.05, 3.63) is 201 Å². The molecule has 8 nitrogen and oxygen atoms in total. The van der Waals surface area contributed by atoms with Crippen molar-refractivity contribution in [3.63, 3.8) is 0 Å². The van der Waals surface area contributed by atoms with E-state index in [0.717, 1.165) is 22.3 Å². The van der Waals surface area contributed by atoms with Crippen molar-refractivity contribution in [1.29, 1.82) is 0 Å². The fourth-order valence-corrected chi connectivity index (χ4v) is 8.44. The smallest absolute Gasteiger partial charge is 0.234 e. The number of benzene rings is 10. The Labute approximate surface area is 315 Å². The first-order chi connectivity index (χ1) is 26.8. The fourth-order valence-electron chi connectivity index (χ4n) is 8.44. The molecule has 0 saturated heterocycles. The minimum absolute atomic E-state index is 0.191. The van der Waals surface area contributed by atoms with Crippen LogP contribution < -0.4 is 43.4 Å². The number of hydrogen-bond donors (Lipinski definition) is 0. The van der Waals surface area contributed by atoms with Crippen molar-refractivity contribution in [2.24, 2.45) is 0 Å². The van der Waals surface area contributed by atoms with Crippen LogP contribution in [0.25, 0.3) is 87.6 Å². The SMILES string of the molecule is Cc1ccc(-c2ccc3c4c2c(=O)c(=O)c2ccc(C)c(c2-4)c(=O)c3=O)cc1.Cc1cccc(-c2ccc3c4c2c(=O)c(=O)c2ccc(C)c(c2-4)c(=O)c3=O)c1. The van der Waals surface area contributed by atoms with Gasteiger partial charge in [0.05, 0.1) is 0 Å². The molecule has 0 saturated carbocycles. The van der Waals surface area contributed by atoms with Crippen molar-refractivity contribution in [3.8, 4) is 44.5 Å². The molecule has 0 aromatic heterocycles. The van der Waals surface area contributed by atoms with Gasteiger partial charge < -0.3 is 0 Å². The van der Waals surface area contributed by atoms with Gasteiger partial charge in [-0.05, 0) is 85.3 Å². The molecule has 4 aliphatic carbocycles. The normalized spacial score (nSPS) is 11.8. The van der Waals surface area contributed by atoms with Gasteiger partial charge >= 0.3 is 0 Å². The summed E-state index contributed by atoms with van der Waals surface area (Å²) in [7, 11) is 0. The third kappa shape index (κ3) is 4.65. The van der Waals surface area contributed by atoms with Gasteiger partial charge in [-0.15, -0.1) is 0 Å².